The van der Waals surface area contributed by atoms with Crippen LogP contribution in [0.15, 0.2) is 24.3 Å². The van der Waals surface area contributed by atoms with Crippen LogP contribution in [0.25, 0.3) is 0 Å². The highest BCUT2D eigenvalue weighted by Gasteiger charge is 2.25. The number of aliphatic hydroxyl groups excluding tert-OH is 2. The molecule has 0 bridgehead atoms. The van der Waals surface area contributed by atoms with E-state index in [2.05, 4.69) is 5.10 Å². The summed E-state index contributed by atoms with van der Waals surface area (Å²) in [4.78, 5) is 14.7. The molecule has 1 unspecified atom stereocenters. The van der Waals surface area contributed by atoms with E-state index in [0.29, 0.717) is 41.7 Å². The number of amides is 1. The molecule has 1 aliphatic heterocycles. The summed E-state index contributed by atoms with van der Waals surface area (Å²) in [6, 6.07) is 6.68. The van der Waals surface area contributed by atoms with E-state index in [4.69, 9.17) is 21.4 Å². The van der Waals surface area contributed by atoms with E-state index < -0.39 is 12.7 Å². The highest BCUT2D eigenvalue weighted by molar-refractivity contribution is 6.31. The molecule has 1 atom stereocenters. The first-order chi connectivity index (χ1) is 12.0. The van der Waals surface area contributed by atoms with Gasteiger partial charge in [-0.05, 0) is 30.7 Å². The number of hydrogen-bond donors (Lipinski definition) is 2. The third kappa shape index (κ3) is 3.63. The SMILES string of the molecule is COc1ccc(Cl)cc1C(=O)N1CCCn2nc(C(O)CO)cc2C1. The van der Waals surface area contributed by atoms with E-state index >= 15 is 0 Å². The number of aromatic nitrogens is 2. The third-order valence-electron chi connectivity index (χ3n) is 4.23. The molecule has 0 saturated carbocycles. The van der Waals surface area contributed by atoms with Gasteiger partial charge in [-0.2, -0.15) is 5.10 Å². The molecule has 2 N–H and O–H groups in total. The largest absolute Gasteiger partial charge is 0.496 e. The van der Waals surface area contributed by atoms with E-state index in [1.807, 2.05) is 0 Å². The zero-order valence-corrected chi connectivity index (χ0v) is 14.6. The Hall–Kier alpha value is -2.09. The fourth-order valence-electron chi connectivity index (χ4n) is 2.93. The Morgan fingerprint density at radius 3 is 2.92 bits per heavy atom. The molecule has 1 aromatic heterocycles. The monoisotopic (exact) mass is 365 g/mol. The van der Waals surface area contributed by atoms with Crippen molar-refractivity contribution in [3.8, 4) is 5.75 Å². The zero-order chi connectivity index (χ0) is 18.0. The molecule has 1 aromatic carbocycles. The molecule has 2 aromatic rings. The highest BCUT2D eigenvalue weighted by atomic mass is 35.5. The van der Waals surface area contributed by atoms with Crippen LogP contribution in [0.3, 0.4) is 0 Å². The molecule has 0 aliphatic carbocycles. The molecule has 3 rings (SSSR count). The summed E-state index contributed by atoms with van der Waals surface area (Å²) < 4.78 is 7.05. The number of benzene rings is 1. The minimum atomic E-state index is -1.02. The topological polar surface area (TPSA) is 87.8 Å². The zero-order valence-electron chi connectivity index (χ0n) is 13.9. The van der Waals surface area contributed by atoms with Crippen molar-refractivity contribution in [2.24, 2.45) is 0 Å². The lowest BCUT2D eigenvalue weighted by Gasteiger charge is -2.21. The van der Waals surface area contributed by atoms with Gasteiger partial charge in [0.05, 0.1) is 37.2 Å². The molecule has 2 heterocycles. The second-order valence-electron chi connectivity index (χ2n) is 5.91. The van der Waals surface area contributed by atoms with E-state index in [1.54, 1.807) is 33.8 Å². The Morgan fingerprint density at radius 2 is 2.20 bits per heavy atom. The van der Waals surface area contributed by atoms with Gasteiger partial charge in [-0.15, -0.1) is 0 Å². The van der Waals surface area contributed by atoms with Crippen LogP contribution in [-0.2, 0) is 13.1 Å². The number of ether oxygens (including phenoxy) is 1. The maximum absolute atomic E-state index is 13.0. The van der Waals surface area contributed by atoms with Crippen molar-refractivity contribution in [3.05, 3.63) is 46.2 Å². The van der Waals surface area contributed by atoms with Crippen molar-refractivity contribution in [2.75, 3.05) is 20.3 Å². The van der Waals surface area contributed by atoms with Crippen molar-refractivity contribution >= 4 is 17.5 Å². The first-order valence-corrected chi connectivity index (χ1v) is 8.39. The van der Waals surface area contributed by atoms with Crippen LogP contribution in [0.4, 0.5) is 0 Å². The first-order valence-electron chi connectivity index (χ1n) is 8.02. The highest BCUT2D eigenvalue weighted by Crippen LogP contribution is 2.26. The van der Waals surface area contributed by atoms with Gasteiger partial charge >= 0.3 is 0 Å². The predicted octanol–water partition coefficient (Wildman–Crippen LogP) is 1.62. The molecule has 1 amide bonds. The minimum absolute atomic E-state index is 0.168. The van der Waals surface area contributed by atoms with E-state index in [9.17, 15) is 9.90 Å². The summed E-state index contributed by atoms with van der Waals surface area (Å²) in [6.45, 7) is 1.19. The number of rotatable bonds is 4. The molecular formula is C17H20ClN3O4. The summed E-state index contributed by atoms with van der Waals surface area (Å²) in [5.74, 6) is 0.307. The molecule has 8 heteroatoms. The van der Waals surface area contributed by atoms with Gasteiger partial charge in [0.15, 0.2) is 0 Å². The fraction of sp³-hybridized carbons (Fsp3) is 0.412. The molecule has 0 radical (unpaired) electrons. The molecule has 0 fully saturated rings. The Balaban J connectivity index is 1.87. The van der Waals surface area contributed by atoms with Crippen molar-refractivity contribution in [2.45, 2.75) is 25.6 Å². The number of methoxy groups -OCH3 is 1. The van der Waals surface area contributed by atoms with Crippen LogP contribution in [0.2, 0.25) is 5.02 Å². The van der Waals surface area contributed by atoms with Gasteiger partial charge in [-0.25, -0.2) is 0 Å². The number of nitrogens with zero attached hydrogens (tertiary/aromatic N) is 3. The van der Waals surface area contributed by atoms with Gasteiger partial charge < -0.3 is 19.8 Å². The van der Waals surface area contributed by atoms with Crippen LogP contribution >= 0.6 is 11.6 Å². The fourth-order valence-corrected chi connectivity index (χ4v) is 3.10. The average Bonchev–Trinajstić information content (AvgIpc) is 2.92. The normalized spacial score (nSPS) is 15.4. The van der Waals surface area contributed by atoms with Gasteiger partial charge in [0.25, 0.3) is 5.91 Å². The van der Waals surface area contributed by atoms with Crippen LogP contribution in [0.5, 0.6) is 5.75 Å². The number of halogens is 1. The summed E-state index contributed by atoms with van der Waals surface area (Å²) in [5.41, 5.74) is 1.64. The molecule has 7 nitrogen and oxygen atoms in total. The van der Waals surface area contributed by atoms with E-state index in [0.717, 1.165) is 12.1 Å². The number of carbonyl (C=O) groups excluding carboxylic acids is 1. The van der Waals surface area contributed by atoms with Gasteiger partial charge in [0, 0.05) is 18.1 Å². The second kappa shape index (κ2) is 7.43. The molecular weight excluding hydrogens is 346 g/mol. The Kier molecular flexibility index (Phi) is 5.27. The average molecular weight is 366 g/mol. The third-order valence-corrected chi connectivity index (χ3v) is 4.46. The van der Waals surface area contributed by atoms with Crippen LogP contribution in [0.1, 0.15) is 34.3 Å². The lowest BCUT2D eigenvalue weighted by atomic mass is 10.1. The Labute approximate surface area is 150 Å². The summed E-state index contributed by atoms with van der Waals surface area (Å²) in [7, 11) is 1.51. The quantitative estimate of drug-likeness (QED) is 0.859. The molecule has 134 valence electrons. The Morgan fingerprint density at radius 1 is 1.40 bits per heavy atom. The predicted molar refractivity (Wildman–Crippen MR) is 91.6 cm³/mol. The van der Waals surface area contributed by atoms with Crippen LogP contribution < -0.4 is 4.74 Å². The molecule has 0 spiro atoms. The van der Waals surface area contributed by atoms with Crippen LogP contribution in [-0.4, -0.2) is 51.1 Å². The summed E-state index contributed by atoms with van der Waals surface area (Å²) >= 11 is 6.03. The minimum Gasteiger partial charge on any atom is -0.496 e. The number of fused-ring (bicyclic) bond motifs is 1. The summed E-state index contributed by atoms with van der Waals surface area (Å²) in [5, 5.41) is 23.6. The van der Waals surface area contributed by atoms with Crippen molar-refractivity contribution in [3.63, 3.8) is 0 Å². The Bertz CT molecular complexity index is 777. The van der Waals surface area contributed by atoms with Gasteiger partial charge in [-0.1, -0.05) is 11.6 Å². The molecule has 0 saturated heterocycles. The van der Waals surface area contributed by atoms with E-state index in [1.165, 1.54) is 7.11 Å². The van der Waals surface area contributed by atoms with Gasteiger partial charge in [-0.3, -0.25) is 9.48 Å². The van der Waals surface area contributed by atoms with E-state index in [-0.39, 0.29) is 5.91 Å². The maximum Gasteiger partial charge on any atom is 0.258 e. The van der Waals surface area contributed by atoms with Gasteiger partial charge in [0.2, 0.25) is 0 Å². The van der Waals surface area contributed by atoms with Crippen molar-refractivity contribution < 1.29 is 19.7 Å². The second-order valence-corrected chi connectivity index (χ2v) is 6.34. The van der Waals surface area contributed by atoms with Crippen molar-refractivity contribution in [1.29, 1.82) is 0 Å². The molecule has 1 aliphatic rings. The van der Waals surface area contributed by atoms with Crippen LogP contribution in [0, 0.1) is 0 Å². The number of hydrogen-bond acceptors (Lipinski definition) is 5. The first kappa shape index (κ1) is 17.7. The number of aliphatic hydroxyl groups is 2. The number of aryl methyl sites for hydroxylation is 1. The lowest BCUT2D eigenvalue weighted by Crippen LogP contribution is -2.31. The lowest BCUT2D eigenvalue weighted by molar-refractivity contribution is 0.0742. The molecule has 25 heavy (non-hydrogen) atoms. The van der Waals surface area contributed by atoms with Gasteiger partial charge in [0.1, 0.15) is 11.9 Å². The standard InChI is InChI=1S/C17H20ClN3O4/c1-25-16-4-3-11(18)7-13(16)17(24)20-5-2-6-21-12(9-20)8-14(19-21)15(23)10-22/h3-4,7-8,15,22-23H,2,5-6,9-10H2,1H3. The maximum atomic E-state index is 13.0. The number of carbonyl (C=O) groups is 1. The summed E-state index contributed by atoms with van der Waals surface area (Å²) in [6.07, 6.45) is -0.283. The van der Waals surface area contributed by atoms with Crippen molar-refractivity contribution in [1.82, 2.24) is 14.7 Å². The smallest absolute Gasteiger partial charge is 0.258 e.